The maximum atomic E-state index is 6.41. The van der Waals surface area contributed by atoms with Crippen molar-refractivity contribution in [1.82, 2.24) is 14.9 Å². The first-order chi connectivity index (χ1) is 9.76. The molecular formula is C16H20ClN3. The highest BCUT2D eigenvalue weighted by molar-refractivity contribution is 6.31. The molecule has 0 saturated heterocycles. The van der Waals surface area contributed by atoms with E-state index in [9.17, 15) is 0 Å². The van der Waals surface area contributed by atoms with Crippen molar-refractivity contribution < 1.29 is 0 Å². The van der Waals surface area contributed by atoms with Crippen LogP contribution in [0.5, 0.6) is 0 Å². The van der Waals surface area contributed by atoms with Gasteiger partial charge in [0.1, 0.15) is 5.82 Å². The second kappa shape index (κ2) is 5.98. The van der Waals surface area contributed by atoms with Gasteiger partial charge in [-0.25, -0.2) is 4.98 Å². The van der Waals surface area contributed by atoms with Gasteiger partial charge in [0.2, 0.25) is 0 Å². The standard InChI is InChI=1S/C16H20ClN3/c1-2-20-8-7-18-16(20)10-13-4-3-12(9-15(13)17)11-19-14-5-6-14/h3-4,7-9,14,19H,2,5-6,10-11H2,1H3. The summed E-state index contributed by atoms with van der Waals surface area (Å²) < 4.78 is 2.15. The van der Waals surface area contributed by atoms with E-state index in [4.69, 9.17) is 11.6 Å². The van der Waals surface area contributed by atoms with Crippen LogP contribution in [0.15, 0.2) is 30.6 Å². The van der Waals surface area contributed by atoms with Crippen molar-refractivity contribution in [3.8, 4) is 0 Å². The van der Waals surface area contributed by atoms with Crippen molar-refractivity contribution in [2.45, 2.75) is 45.3 Å². The van der Waals surface area contributed by atoms with E-state index >= 15 is 0 Å². The summed E-state index contributed by atoms with van der Waals surface area (Å²) in [5, 5.41) is 4.35. The minimum atomic E-state index is 0.727. The number of aromatic nitrogens is 2. The quantitative estimate of drug-likeness (QED) is 0.883. The molecule has 1 aliphatic carbocycles. The van der Waals surface area contributed by atoms with Gasteiger partial charge in [-0.1, -0.05) is 23.7 Å². The Bertz CT molecular complexity index is 587. The second-order valence-electron chi connectivity index (χ2n) is 5.39. The third-order valence-corrected chi connectivity index (χ3v) is 4.13. The SMILES string of the molecule is CCn1ccnc1Cc1ccc(CNC2CC2)cc1Cl. The highest BCUT2D eigenvalue weighted by Gasteiger charge is 2.20. The molecule has 20 heavy (non-hydrogen) atoms. The van der Waals surface area contributed by atoms with Crippen LogP contribution < -0.4 is 5.32 Å². The summed E-state index contributed by atoms with van der Waals surface area (Å²) in [6, 6.07) is 7.09. The summed E-state index contributed by atoms with van der Waals surface area (Å²) in [6.45, 7) is 3.98. The van der Waals surface area contributed by atoms with Crippen LogP contribution in [0.1, 0.15) is 36.7 Å². The number of hydrogen-bond acceptors (Lipinski definition) is 2. The second-order valence-corrected chi connectivity index (χ2v) is 5.79. The van der Waals surface area contributed by atoms with Crippen LogP contribution in [0.4, 0.5) is 0 Å². The van der Waals surface area contributed by atoms with Gasteiger partial charge in [-0.15, -0.1) is 0 Å². The van der Waals surface area contributed by atoms with E-state index in [-0.39, 0.29) is 0 Å². The number of imidazole rings is 1. The molecule has 4 heteroatoms. The van der Waals surface area contributed by atoms with Crippen LogP contribution in [0.25, 0.3) is 0 Å². The topological polar surface area (TPSA) is 29.9 Å². The summed E-state index contributed by atoms with van der Waals surface area (Å²) in [6.07, 6.45) is 7.27. The zero-order valence-corrected chi connectivity index (χ0v) is 12.5. The molecule has 106 valence electrons. The Morgan fingerprint density at radius 2 is 2.25 bits per heavy atom. The van der Waals surface area contributed by atoms with E-state index in [2.05, 4.69) is 40.0 Å². The van der Waals surface area contributed by atoms with E-state index in [0.29, 0.717) is 0 Å². The predicted molar refractivity (Wildman–Crippen MR) is 82.0 cm³/mol. The van der Waals surface area contributed by atoms with Crippen LogP contribution in [0.2, 0.25) is 5.02 Å². The average molecular weight is 290 g/mol. The monoisotopic (exact) mass is 289 g/mol. The van der Waals surface area contributed by atoms with E-state index < -0.39 is 0 Å². The lowest BCUT2D eigenvalue weighted by atomic mass is 10.1. The molecule has 0 amide bonds. The molecule has 1 aliphatic rings. The molecule has 1 heterocycles. The molecular weight excluding hydrogens is 270 g/mol. The van der Waals surface area contributed by atoms with Crippen molar-refractivity contribution in [3.63, 3.8) is 0 Å². The molecule has 3 nitrogen and oxygen atoms in total. The minimum Gasteiger partial charge on any atom is -0.335 e. The van der Waals surface area contributed by atoms with Gasteiger partial charge in [-0.3, -0.25) is 0 Å². The summed E-state index contributed by atoms with van der Waals surface area (Å²) >= 11 is 6.41. The first-order valence-electron chi connectivity index (χ1n) is 7.27. The third-order valence-electron chi connectivity index (χ3n) is 3.78. The summed E-state index contributed by atoms with van der Waals surface area (Å²) in [4.78, 5) is 4.41. The Balaban J connectivity index is 1.69. The lowest BCUT2D eigenvalue weighted by Crippen LogP contribution is -2.15. The largest absolute Gasteiger partial charge is 0.335 e. The number of benzene rings is 1. The van der Waals surface area contributed by atoms with Crippen LogP contribution in [-0.4, -0.2) is 15.6 Å². The Kier molecular flexibility index (Phi) is 4.08. The van der Waals surface area contributed by atoms with Crippen molar-refractivity contribution in [2.24, 2.45) is 0 Å². The van der Waals surface area contributed by atoms with E-state index in [0.717, 1.165) is 42.0 Å². The summed E-state index contributed by atoms with van der Waals surface area (Å²) in [5.74, 6) is 1.07. The molecule has 0 bridgehead atoms. The smallest absolute Gasteiger partial charge is 0.113 e. The van der Waals surface area contributed by atoms with E-state index in [1.807, 2.05) is 12.4 Å². The lowest BCUT2D eigenvalue weighted by Gasteiger charge is -2.09. The molecule has 0 atom stereocenters. The van der Waals surface area contributed by atoms with E-state index in [1.165, 1.54) is 18.4 Å². The van der Waals surface area contributed by atoms with Crippen molar-refractivity contribution >= 4 is 11.6 Å². The number of aryl methyl sites for hydroxylation is 1. The third kappa shape index (κ3) is 3.22. The predicted octanol–water partition coefficient (Wildman–Crippen LogP) is 3.40. The van der Waals surface area contributed by atoms with Crippen molar-refractivity contribution in [1.29, 1.82) is 0 Å². The molecule has 0 spiro atoms. The fourth-order valence-electron chi connectivity index (χ4n) is 2.36. The number of rotatable bonds is 6. The van der Waals surface area contributed by atoms with Crippen molar-refractivity contribution in [3.05, 3.63) is 52.6 Å². The Hall–Kier alpha value is -1.32. The maximum Gasteiger partial charge on any atom is 0.113 e. The molecule has 2 aromatic rings. The molecule has 1 saturated carbocycles. The van der Waals surface area contributed by atoms with Crippen LogP contribution in [-0.2, 0) is 19.5 Å². The molecule has 3 rings (SSSR count). The van der Waals surface area contributed by atoms with Gasteiger partial charge in [0, 0.05) is 43.0 Å². The zero-order chi connectivity index (χ0) is 13.9. The highest BCUT2D eigenvalue weighted by atomic mass is 35.5. The normalized spacial score (nSPS) is 14.7. The number of nitrogens with one attached hydrogen (secondary N) is 1. The molecule has 0 unspecified atom stereocenters. The van der Waals surface area contributed by atoms with Gasteiger partial charge >= 0.3 is 0 Å². The van der Waals surface area contributed by atoms with Gasteiger partial charge in [0.15, 0.2) is 0 Å². The van der Waals surface area contributed by atoms with Crippen LogP contribution in [0, 0.1) is 0 Å². The maximum absolute atomic E-state index is 6.41. The van der Waals surface area contributed by atoms with Gasteiger partial charge in [0.05, 0.1) is 0 Å². The molecule has 1 N–H and O–H groups in total. The van der Waals surface area contributed by atoms with Gasteiger partial charge in [0.25, 0.3) is 0 Å². The summed E-state index contributed by atoms with van der Waals surface area (Å²) in [5.41, 5.74) is 2.40. The van der Waals surface area contributed by atoms with Crippen LogP contribution >= 0.6 is 11.6 Å². The molecule has 1 aromatic heterocycles. The molecule has 1 aromatic carbocycles. The molecule has 0 radical (unpaired) electrons. The molecule has 1 fully saturated rings. The first kappa shape index (κ1) is 13.7. The van der Waals surface area contributed by atoms with Crippen LogP contribution in [0.3, 0.4) is 0 Å². The number of hydrogen-bond donors (Lipinski definition) is 1. The lowest BCUT2D eigenvalue weighted by molar-refractivity contribution is 0.687. The van der Waals surface area contributed by atoms with Gasteiger partial charge in [-0.05, 0) is 37.0 Å². The Labute approximate surface area is 125 Å². The zero-order valence-electron chi connectivity index (χ0n) is 11.8. The minimum absolute atomic E-state index is 0.727. The highest BCUT2D eigenvalue weighted by Crippen LogP contribution is 2.23. The van der Waals surface area contributed by atoms with E-state index in [1.54, 1.807) is 0 Å². The van der Waals surface area contributed by atoms with Gasteiger partial charge in [-0.2, -0.15) is 0 Å². The summed E-state index contributed by atoms with van der Waals surface area (Å²) in [7, 11) is 0. The fourth-order valence-corrected chi connectivity index (χ4v) is 2.63. The van der Waals surface area contributed by atoms with Gasteiger partial charge < -0.3 is 9.88 Å². The number of nitrogens with zero attached hydrogens (tertiary/aromatic N) is 2. The average Bonchev–Trinajstić information content (AvgIpc) is 3.17. The number of halogens is 1. The first-order valence-corrected chi connectivity index (χ1v) is 7.64. The fraction of sp³-hybridized carbons (Fsp3) is 0.438. The Morgan fingerprint density at radius 1 is 1.40 bits per heavy atom. The van der Waals surface area contributed by atoms with Crippen molar-refractivity contribution in [2.75, 3.05) is 0 Å². The Morgan fingerprint density at radius 3 is 2.95 bits per heavy atom. The molecule has 0 aliphatic heterocycles.